The Morgan fingerprint density at radius 2 is 1.70 bits per heavy atom. The standard InChI is InChI=1S/C19H20N2O2/c1-2-13-5-3-4-6-17(13)21-19(23)15-9-11-16(12-10-15)20-18(22)14-7-8-14/h3-6,9-12,14H,2,7-8H2,1H3,(H,20,22)(H,21,23). The van der Waals surface area contributed by atoms with E-state index in [-0.39, 0.29) is 17.7 Å². The molecule has 4 nitrogen and oxygen atoms in total. The van der Waals surface area contributed by atoms with Crippen molar-refractivity contribution in [3.05, 3.63) is 59.7 Å². The van der Waals surface area contributed by atoms with Crippen LogP contribution >= 0.6 is 0 Å². The van der Waals surface area contributed by atoms with E-state index in [0.29, 0.717) is 5.56 Å². The average Bonchev–Trinajstić information content (AvgIpc) is 3.41. The van der Waals surface area contributed by atoms with Gasteiger partial charge in [0.1, 0.15) is 0 Å². The number of aryl methyl sites for hydroxylation is 1. The van der Waals surface area contributed by atoms with Crippen molar-refractivity contribution < 1.29 is 9.59 Å². The number of rotatable bonds is 5. The van der Waals surface area contributed by atoms with Gasteiger partial charge in [0.15, 0.2) is 0 Å². The minimum Gasteiger partial charge on any atom is -0.326 e. The molecule has 0 radical (unpaired) electrons. The molecule has 2 aromatic rings. The summed E-state index contributed by atoms with van der Waals surface area (Å²) in [4.78, 5) is 24.1. The van der Waals surface area contributed by atoms with E-state index in [2.05, 4.69) is 17.6 Å². The van der Waals surface area contributed by atoms with Crippen molar-refractivity contribution in [2.24, 2.45) is 5.92 Å². The van der Waals surface area contributed by atoms with E-state index in [1.807, 2.05) is 24.3 Å². The van der Waals surface area contributed by atoms with Gasteiger partial charge in [-0.3, -0.25) is 9.59 Å². The second kappa shape index (κ2) is 6.65. The van der Waals surface area contributed by atoms with Crippen LogP contribution in [0.5, 0.6) is 0 Å². The summed E-state index contributed by atoms with van der Waals surface area (Å²) in [5.41, 5.74) is 3.24. The Kier molecular flexibility index (Phi) is 4.42. The van der Waals surface area contributed by atoms with Crippen molar-refractivity contribution in [1.82, 2.24) is 0 Å². The number of benzene rings is 2. The number of carbonyl (C=O) groups is 2. The third-order valence-electron chi connectivity index (χ3n) is 4.01. The lowest BCUT2D eigenvalue weighted by atomic mass is 10.1. The normalized spacial score (nSPS) is 13.4. The zero-order valence-corrected chi connectivity index (χ0v) is 13.1. The molecule has 2 amide bonds. The minimum absolute atomic E-state index is 0.0686. The monoisotopic (exact) mass is 308 g/mol. The Balaban J connectivity index is 1.66. The molecule has 118 valence electrons. The Hall–Kier alpha value is -2.62. The number of carbonyl (C=O) groups excluding carboxylic acids is 2. The first kappa shape index (κ1) is 15.3. The third kappa shape index (κ3) is 3.77. The fourth-order valence-electron chi connectivity index (χ4n) is 2.44. The summed E-state index contributed by atoms with van der Waals surface area (Å²) >= 11 is 0. The van der Waals surface area contributed by atoms with Gasteiger partial charge in [0.25, 0.3) is 5.91 Å². The van der Waals surface area contributed by atoms with Gasteiger partial charge in [-0.05, 0) is 55.2 Å². The molecular weight excluding hydrogens is 288 g/mol. The highest BCUT2D eigenvalue weighted by atomic mass is 16.2. The van der Waals surface area contributed by atoms with Gasteiger partial charge in [0, 0.05) is 22.9 Å². The molecule has 2 aromatic carbocycles. The first-order valence-corrected chi connectivity index (χ1v) is 7.97. The molecule has 2 N–H and O–H groups in total. The van der Waals surface area contributed by atoms with Gasteiger partial charge in [-0.25, -0.2) is 0 Å². The number of para-hydroxylation sites is 1. The number of hydrogen-bond acceptors (Lipinski definition) is 2. The molecule has 0 bridgehead atoms. The van der Waals surface area contributed by atoms with Crippen LogP contribution in [0.2, 0.25) is 0 Å². The maximum atomic E-state index is 12.3. The maximum Gasteiger partial charge on any atom is 0.255 e. The van der Waals surface area contributed by atoms with Crippen molar-refractivity contribution in [1.29, 1.82) is 0 Å². The summed E-state index contributed by atoms with van der Waals surface area (Å²) in [7, 11) is 0. The molecule has 0 saturated heterocycles. The highest BCUT2D eigenvalue weighted by molar-refractivity contribution is 6.05. The lowest BCUT2D eigenvalue weighted by Crippen LogP contribution is -2.15. The summed E-state index contributed by atoms with van der Waals surface area (Å²) in [5.74, 6) is 0.0913. The second-order valence-corrected chi connectivity index (χ2v) is 5.81. The first-order chi connectivity index (χ1) is 11.2. The summed E-state index contributed by atoms with van der Waals surface area (Å²) < 4.78 is 0. The van der Waals surface area contributed by atoms with Gasteiger partial charge in [-0.2, -0.15) is 0 Å². The molecular formula is C19H20N2O2. The lowest BCUT2D eigenvalue weighted by molar-refractivity contribution is -0.117. The number of hydrogen-bond donors (Lipinski definition) is 2. The van der Waals surface area contributed by atoms with Crippen LogP contribution in [0.1, 0.15) is 35.7 Å². The maximum absolute atomic E-state index is 12.3. The fraction of sp³-hybridized carbons (Fsp3) is 0.263. The summed E-state index contributed by atoms with van der Waals surface area (Å²) in [5, 5.41) is 5.81. The molecule has 0 heterocycles. The van der Waals surface area contributed by atoms with Crippen molar-refractivity contribution in [2.45, 2.75) is 26.2 Å². The van der Waals surface area contributed by atoms with Crippen LogP contribution in [0.25, 0.3) is 0 Å². The topological polar surface area (TPSA) is 58.2 Å². The molecule has 1 aliphatic carbocycles. The van der Waals surface area contributed by atoms with Gasteiger partial charge in [-0.15, -0.1) is 0 Å². The average molecular weight is 308 g/mol. The van der Waals surface area contributed by atoms with Crippen LogP contribution in [0.15, 0.2) is 48.5 Å². The Morgan fingerprint density at radius 3 is 2.35 bits per heavy atom. The van der Waals surface area contributed by atoms with Crippen LogP contribution in [-0.2, 0) is 11.2 Å². The molecule has 1 fully saturated rings. The molecule has 3 rings (SSSR count). The zero-order valence-electron chi connectivity index (χ0n) is 13.1. The van der Waals surface area contributed by atoms with E-state index >= 15 is 0 Å². The van der Waals surface area contributed by atoms with E-state index in [9.17, 15) is 9.59 Å². The molecule has 0 aromatic heterocycles. The molecule has 0 aliphatic heterocycles. The number of nitrogens with one attached hydrogen (secondary N) is 2. The van der Waals surface area contributed by atoms with Crippen molar-refractivity contribution in [2.75, 3.05) is 10.6 Å². The van der Waals surface area contributed by atoms with E-state index in [4.69, 9.17) is 0 Å². The van der Waals surface area contributed by atoms with Crippen LogP contribution < -0.4 is 10.6 Å². The predicted octanol–water partition coefficient (Wildman–Crippen LogP) is 3.85. The van der Waals surface area contributed by atoms with Gasteiger partial charge in [0.2, 0.25) is 5.91 Å². The van der Waals surface area contributed by atoms with Crippen LogP contribution in [0, 0.1) is 5.92 Å². The molecule has 0 spiro atoms. The largest absolute Gasteiger partial charge is 0.326 e. The smallest absolute Gasteiger partial charge is 0.255 e. The molecule has 1 saturated carbocycles. The van der Waals surface area contributed by atoms with Crippen molar-refractivity contribution in [3.8, 4) is 0 Å². The number of anilines is 2. The third-order valence-corrected chi connectivity index (χ3v) is 4.01. The minimum atomic E-state index is -0.147. The Morgan fingerprint density at radius 1 is 1.00 bits per heavy atom. The molecule has 4 heteroatoms. The molecule has 0 unspecified atom stereocenters. The quantitative estimate of drug-likeness (QED) is 0.881. The van der Waals surface area contributed by atoms with Crippen molar-refractivity contribution >= 4 is 23.2 Å². The highest BCUT2D eigenvalue weighted by Gasteiger charge is 2.29. The zero-order chi connectivity index (χ0) is 16.2. The fourth-order valence-corrected chi connectivity index (χ4v) is 2.44. The molecule has 0 atom stereocenters. The van der Waals surface area contributed by atoms with Gasteiger partial charge >= 0.3 is 0 Å². The van der Waals surface area contributed by atoms with E-state index in [1.165, 1.54) is 0 Å². The van der Waals surface area contributed by atoms with E-state index < -0.39 is 0 Å². The molecule has 23 heavy (non-hydrogen) atoms. The number of amides is 2. The molecule has 1 aliphatic rings. The van der Waals surface area contributed by atoms with E-state index in [1.54, 1.807) is 24.3 Å². The van der Waals surface area contributed by atoms with Gasteiger partial charge < -0.3 is 10.6 Å². The summed E-state index contributed by atoms with van der Waals surface area (Å²) in [6, 6.07) is 14.8. The lowest BCUT2D eigenvalue weighted by Gasteiger charge is -2.10. The van der Waals surface area contributed by atoms with Crippen LogP contribution in [0.4, 0.5) is 11.4 Å². The summed E-state index contributed by atoms with van der Waals surface area (Å²) in [6.07, 6.45) is 2.81. The van der Waals surface area contributed by atoms with Crippen LogP contribution in [-0.4, -0.2) is 11.8 Å². The van der Waals surface area contributed by atoms with Crippen molar-refractivity contribution in [3.63, 3.8) is 0 Å². The Bertz CT molecular complexity index is 718. The highest BCUT2D eigenvalue weighted by Crippen LogP contribution is 2.30. The van der Waals surface area contributed by atoms with Gasteiger partial charge in [-0.1, -0.05) is 25.1 Å². The van der Waals surface area contributed by atoms with E-state index in [0.717, 1.165) is 36.2 Å². The SMILES string of the molecule is CCc1ccccc1NC(=O)c1ccc(NC(=O)C2CC2)cc1. The summed E-state index contributed by atoms with van der Waals surface area (Å²) in [6.45, 7) is 2.06. The first-order valence-electron chi connectivity index (χ1n) is 7.97. The Labute approximate surface area is 135 Å². The predicted molar refractivity (Wildman–Crippen MR) is 91.6 cm³/mol. The second-order valence-electron chi connectivity index (χ2n) is 5.81. The van der Waals surface area contributed by atoms with Crippen LogP contribution in [0.3, 0.4) is 0 Å². The van der Waals surface area contributed by atoms with Gasteiger partial charge in [0.05, 0.1) is 0 Å².